The maximum Gasteiger partial charge on any atom is 0.223 e. The van der Waals surface area contributed by atoms with E-state index in [9.17, 15) is 9.90 Å². The lowest BCUT2D eigenvalue weighted by Gasteiger charge is -2.34. The zero-order chi connectivity index (χ0) is 13.9. The van der Waals surface area contributed by atoms with Crippen LogP contribution in [0.5, 0.6) is 0 Å². The fourth-order valence-electron chi connectivity index (χ4n) is 2.58. The molecule has 0 radical (unpaired) electrons. The Bertz CT molecular complexity index is 280. The largest absolute Gasteiger partial charge is 0.393 e. The van der Waals surface area contributed by atoms with E-state index in [4.69, 9.17) is 5.73 Å². The van der Waals surface area contributed by atoms with E-state index in [0.717, 1.165) is 25.8 Å². The molecule has 0 aliphatic heterocycles. The van der Waals surface area contributed by atoms with Gasteiger partial charge in [-0.05, 0) is 30.6 Å². The highest BCUT2D eigenvalue weighted by Crippen LogP contribution is 2.28. The molecule has 1 unspecified atom stereocenters. The number of nitrogens with zero attached hydrogens (tertiary/aromatic N) is 1. The number of carbonyl (C=O) groups is 1. The van der Waals surface area contributed by atoms with Gasteiger partial charge in [0.15, 0.2) is 0 Å². The third-order valence-corrected chi connectivity index (χ3v) is 3.48. The van der Waals surface area contributed by atoms with E-state index in [1.807, 2.05) is 7.05 Å². The molecule has 1 aliphatic rings. The predicted octanol–water partition coefficient (Wildman–Crippen LogP) is 1.37. The van der Waals surface area contributed by atoms with Crippen LogP contribution in [0.15, 0.2) is 0 Å². The highest BCUT2D eigenvalue weighted by Gasteiger charge is 2.29. The van der Waals surface area contributed by atoms with Crippen LogP contribution in [-0.4, -0.2) is 41.7 Å². The lowest BCUT2D eigenvalue weighted by Crippen LogP contribution is -2.41. The van der Waals surface area contributed by atoms with Gasteiger partial charge < -0.3 is 15.7 Å². The van der Waals surface area contributed by atoms with Gasteiger partial charge in [0.25, 0.3) is 0 Å². The number of hydrogen-bond acceptors (Lipinski definition) is 3. The first-order valence-corrected chi connectivity index (χ1v) is 6.85. The Morgan fingerprint density at radius 1 is 1.44 bits per heavy atom. The van der Waals surface area contributed by atoms with Gasteiger partial charge in [-0.3, -0.25) is 4.79 Å². The molecule has 0 aromatic heterocycles. The zero-order valence-corrected chi connectivity index (χ0v) is 12.1. The van der Waals surface area contributed by atoms with E-state index in [-0.39, 0.29) is 23.5 Å². The van der Waals surface area contributed by atoms with Crippen molar-refractivity contribution in [2.24, 2.45) is 17.1 Å². The first-order chi connectivity index (χ1) is 8.17. The van der Waals surface area contributed by atoms with Crippen LogP contribution in [0.25, 0.3) is 0 Å². The highest BCUT2D eigenvalue weighted by atomic mass is 16.3. The number of amides is 1. The molecule has 0 aromatic carbocycles. The number of aliphatic hydroxyl groups is 1. The van der Waals surface area contributed by atoms with Crippen molar-refractivity contribution >= 4 is 5.91 Å². The van der Waals surface area contributed by atoms with Gasteiger partial charge in [-0.25, -0.2) is 0 Å². The second kappa shape index (κ2) is 6.02. The summed E-state index contributed by atoms with van der Waals surface area (Å²) in [4.78, 5) is 13.7. The SMILES string of the molecule is CN(CC1CC(O)C1)C(=O)CC(N)CC(C)(C)C. The number of hydrogen-bond donors (Lipinski definition) is 2. The summed E-state index contributed by atoms with van der Waals surface area (Å²) >= 11 is 0. The molecule has 1 rings (SSSR count). The second-order valence-corrected chi connectivity index (χ2v) is 6.99. The summed E-state index contributed by atoms with van der Waals surface area (Å²) in [5, 5.41) is 9.22. The van der Waals surface area contributed by atoms with Crippen LogP contribution in [0.1, 0.15) is 46.5 Å². The summed E-state index contributed by atoms with van der Waals surface area (Å²) in [5.41, 5.74) is 6.17. The van der Waals surface area contributed by atoms with Gasteiger partial charge in [-0.1, -0.05) is 20.8 Å². The average Bonchev–Trinajstić information content (AvgIpc) is 2.11. The minimum absolute atomic E-state index is 0.0630. The smallest absolute Gasteiger partial charge is 0.223 e. The molecule has 1 fully saturated rings. The van der Waals surface area contributed by atoms with Crippen molar-refractivity contribution in [3.8, 4) is 0 Å². The Kier molecular flexibility index (Phi) is 5.17. The molecule has 18 heavy (non-hydrogen) atoms. The van der Waals surface area contributed by atoms with Crippen molar-refractivity contribution in [2.75, 3.05) is 13.6 Å². The van der Waals surface area contributed by atoms with Crippen LogP contribution >= 0.6 is 0 Å². The van der Waals surface area contributed by atoms with Crippen LogP contribution in [0.3, 0.4) is 0 Å². The van der Waals surface area contributed by atoms with Crippen molar-refractivity contribution in [3.63, 3.8) is 0 Å². The Morgan fingerprint density at radius 3 is 2.44 bits per heavy atom. The topological polar surface area (TPSA) is 66.6 Å². The van der Waals surface area contributed by atoms with Gasteiger partial charge in [0, 0.05) is 26.1 Å². The lowest BCUT2D eigenvalue weighted by atomic mass is 9.82. The summed E-state index contributed by atoms with van der Waals surface area (Å²) in [6.45, 7) is 7.16. The highest BCUT2D eigenvalue weighted by molar-refractivity contribution is 5.76. The summed E-state index contributed by atoms with van der Waals surface area (Å²) in [5.74, 6) is 0.584. The third kappa shape index (κ3) is 5.36. The Morgan fingerprint density at radius 2 is 2.00 bits per heavy atom. The van der Waals surface area contributed by atoms with E-state index in [0.29, 0.717) is 12.3 Å². The van der Waals surface area contributed by atoms with Crippen molar-refractivity contribution in [1.29, 1.82) is 0 Å². The molecule has 106 valence electrons. The van der Waals surface area contributed by atoms with Crippen molar-refractivity contribution in [1.82, 2.24) is 4.90 Å². The fourth-order valence-corrected chi connectivity index (χ4v) is 2.58. The minimum Gasteiger partial charge on any atom is -0.393 e. The number of aliphatic hydroxyl groups excluding tert-OH is 1. The quantitative estimate of drug-likeness (QED) is 0.780. The molecule has 0 spiro atoms. The van der Waals surface area contributed by atoms with Gasteiger partial charge in [-0.2, -0.15) is 0 Å². The van der Waals surface area contributed by atoms with E-state index < -0.39 is 0 Å². The predicted molar refractivity (Wildman–Crippen MR) is 73.0 cm³/mol. The van der Waals surface area contributed by atoms with E-state index in [2.05, 4.69) is 20.8 Å². The molecule has 1 aliphatic carbocycles. The molecule has 0 heterocycles. The van der Waals surface area contributed by atoms with Gasteiger partial charge in [0.05, 0.1) is 6.10 Å². The Hall–Kier alpha value is -0.610. The van der Waals surface area contributed by atoms with Crippen LogP contribution in [0, 0.1) is 11.3 Å². The molecule has 1 amide bonds. The summed E-state index contributed by atoms with van der Waals surface area (Å²) in [6.07, 6.45) is 2.77. The normalized spacial score (nSPS) is 25.4. The Balaban J connectivity index is 2.26. The molecule has 1 atom stereocenters. The van der Waals surface area contributed by atoms with Crippen LogP contribution < -0.4 is 5.73 Å². The Labute approximate surface area is 111 Å². The second-order valence-electron chi connectivity index (χ2n) is 6.99. The molecule has 1 saturated carbocycles. The van der Waals surface area contributed by atoms with Crippen molar-refractivity contribution in [3.05, 3.63) is 0 Å². The average molecular weight is 256 g/mol. The maximum atomic E-state index is 12.0. The monoisotopic (exact) mass is 256 g/mol. The minimum atomic E-state index is -0.151. The molecule has 4 heteroatoms. The first kappa shape index (κ1) is 15.4. The van der Waals surface area contributed by atoms with Crippen molar-refractivity contribution < 1.29 is 9.90 Å². The van der Waals surface area contributed by atoms with E-state index >= 15 is 0 Å². The van der Waals surface area contributed by atoms with Crippen LogP contribution in [0.2, 0.25) is 0 Å². The van der Waals surface area contributed by atoms with Crippen LogP contribution in [0.4, 0.5) is 0 Å². The van der Waals surface area contributed by atoms with Crippen LogP contribution in [-0.2, 0) is 4.79 Å². The van der Waals surface area contributed by atoms with E-state index in [1.165, 1.54) is 0 Å². The number of nitrogens with two attached hydrogens (primary N) is 1. The van der Waals surface area contributed by atoms with Crippen molar-refractivity contribution in [2.45, 2.75) is 58.6 Å². The molecule has 0 bridgehead atoms. The van der Waals surface area contributed by atoms with Gasteiger partial charge in [0.2, 0.25) is 5.91 Å². The third-order valence-electron chi connectivity index (χ3n) is 3.48. The summed E-state index contributed by atoms with van der Waals surface area (Å²) < 4.78 is 0. The molecule has 3 N–H and O–H groups in total. The molecular weight excluding hydrogens is 228 g/mol. The maximum absolute atomic E-state index is 12.0. The molecular formula is C14H28N2O2. The van der Waals surface area contributed by atoms with E-state index in [1.54, 1.807) is 4.90 Å². The first-order valence-electron chi connectivity index (χ1n) is 6.85. The number of carbonyl (C=O) groups excluding carboxylic acids is 1. The fraction of sp³-hybridized carbons (Fsp3) is 0.929. The standard InChI is InChI=1S/C14H28N2O2/c1-14(2,3)8-11(15)7-13(18)16(4)9-10-5-12(17)6-10/h10-12,17H,5-9,15H2,1-4H3. The van der Waals surface area contributed by atoms with Gasteiger partial charge in [-0.15, -0.1) is 0 Å². The van der Waals surface area contributed by atoms with Gasteiger partial charge >= 0.3 is 0 Å². The summed E-state index contributed by atoms with van der Waals surface area (Å²) in [6, 6.07) is -0.0630. The molecule has 0 aromatic rings. The zero-order valence-electron chi connectivity index (χ0n) is 12.1. The lowest BCUT2D eigenvalue weighted by molar-refractivity contribution is -0.132. The van der Waals surface area contributed by atoms with Gasteiger partial charge in [0.1, 0.15) is 0 Å². The summed E-state index contributed by atoms with van der Waals surface area (Å²) in [7, 11) is 1.83. The molecule has 4 nitrogen and oxygen atoms in total. The number of rotatable bonds is 5. The molecule has 0 saturated heterocycles.